The molecule has 5 nitrogen and oxygen atoms in total. The predicted molar refractivity (Wildman–Crippen MR) is 61.6 cm³/mol. The topological polar surface area (TPSA) is 65.3 Å². The van der Waals surface area contributed by atoms with Crippen molar-refractivity contribution in [3.8, 4) is 5.75 Å². The molecule has 2 aromatic rings. The predicted octanol–water partition coefficient (Wildman–Crippen LogP) is 2.71. The van der Waals surface area contributed by atoms with Gasteiger partial charge in [-0.25, -0.2) is 4.39 Å². The van der Waals surface area contributed by atoms with Gasteiger partial charge in [-0.05, 0) is 22.0 Å². The van der Waals surface area contributed by atoms with Crippen molar-refractivity contribution in [1.29, 1.82) is 0 Å². The first-order chi connectivity index (χ1) is 8.68. The Hall–Kier alpha value is -2.50. The largest absolute Gasteiger partial charge is 0.488 e. The van der Waals surface area contributed by atoms with Crippen molar-refractivity contribution in [3.05, 3.63) is 64.1 Å². The molecule has 0 atom stereocenters. The quantitative estimate of drug-likeness (QED) is 0.616. The van der Waals surface area contributed by atoms with Crippen LogP contribution in [0.2, 0.25) is 0 Å². The fraction of sp³-hybridized carbons (Fsp3) is 0.0833. The van der Waals surface area contributed by atoms with Crippen molar-refractivity contribution < 1.29 is 14.1 Å². The van der Waals surface area contributed by atoms with Crippen molar-refractivity contribution in [1.82, 2.24) is 4.98 Å². The highest BCUT2D eigenvalue weighted by Crippen LogP contribution is 2.20. The average Bonchev–Trinajstić information content (AvgIpc) is 2.38. The number of nitrogens with zero attached hydrogens (tertiary/aromatic N) is 2. The molecule has 0 radical (unpaired) electrons. The summed E-state index contributed by atoms with van der Waals surface area (Å²) in [6, 6.07) is 9.74. The van der Waals surface area contributed by atoms with Crippen LogP contribution in [0.5, 0.6) is 5.75 Å². The number of nitro groups is 1. The van der Waals surface area contributed by atoms with E-state index in [0.29, 0.717) is 5.75 Å². The molecule has 0 fully saturated rings. The van der Waals surface area contributed by atoms with E-state index in [1.165, 1.54) is 0 Å². The first-order valence-corrected chi connectivity index (χ1v) is 5.14. The van der Waals surface area contributed by atoms with Crippen LogP contribution >= 0.6 is 0 Å². The van der Waals surface area contributed by atoms with E-state index >= 15 is 0 Å². The summed E-state index contributed by atoms with van der Waals surface area (Å²) in [5, 5.41) is 10.7. The zero-order chi connectivity index (χ0) is 13.0. The molecule has 18 heavy (non-hydrogen) atoms. The number of pyridine rings is 1. The minimum atomic E-state index is -0.729. The molecule has 2 rings (SSSR count). The van der Waals surface area contributed by atoms with E-state index in [1.807, 2.05) is 0 Å². The Balaban J connectivity index is 2.21. The van der Waals surface area contributed by atoms with Crippen LogP contribution in [0.3, 0.4) is 0 Å². The molecule has 0 amide bonds. The van der Waals surface area contributed by atoms with Crippen LogP contribution in [0, 0.1) is 15.9 Å². The van der Waals surface area contributed by atoms with Crippen molar-refractivity contribution in [2.45, 2.75) is 6.61 Å². The molecular formula is C12H9FN2O3. The van der Waals surface area contributed by atoms with Crippen molar-refractivity contribution >= 4 is 5.82 Å². The number of benzene rings is 1. The lowest BCUT2D eigenvalue weighted by molar-refractivity contribution is -0.390. The minimum Gasteiger partial charge on any atom is -0.488 e. The third kappa shape index (κ3) is 2.60. The first-order valence-electron chi connectivity index (χ1n) is 5.14. The Morgan fingerprint density at radius 2 is 2.00 bits per heavy atom. The molecule has 6 heteroatoms. The molecule has 0 spiro atoms. The highest BCUT2D eigenvalue weighted by atomic mass is 19.1. The molecule has 1 aromatic heterocycles. The Labute approximate surface area is 102 Å². The Morgan fingerprint density at radius 3 is 2.67 bits per heavy atom. The second-order valence-corrected chi connectivity index (χ2v) is 3.45. The standard InChI is InChI=1S/C12H9FN2O3/c13-11-6-7-14-12(15(16)17)10(11)8-18-9-4-2-1-3-5-9/h1-7H,8H2. The van der Waals surface area contributed by atoms with Gasteiger partial charge >= 0.3 is 5.82 Å². The molecule has 0 aliphatic heterocycles. The second-order valence-electron chi connectivity index (χ2n) is 3.45. The first kappa shape index (κ1) is 12.0. The maximum Gasteiger partial charge on any atom is 0.373 e. The molecule has 0 saturated carbocycles. The summed E-state index contributed by atoms with van der Waals surface area (Å²) in [6.45, 7) is -0.236. The summed E-state index contributed by atoms with van der Waals surface area (Å²) >= 11 is 0. The maximum atomic E-state index is 13.5. The molecule has 1 aromatic carbocycles. The summed E-state index contributed by atoms with van der Waals surface area (Å²) in [7, 11) is 0. The van der Waals surface area contributed by atoms with Gasteiger partial charge in [-0.3, -0.25) is 0 Å². The Bertz CT molecular complexity index is 561. The SMILES string of the molecule is O=[N+]([O-])c1nccc(F)c1COc1ccccc1. The van der Waals surface area contributed by atoms with Crippen LogP contribution < -0.4 is 4.74 Å². The van der Waals surface area contributed by atoms with Crippen LogP contribution in [0.15, 0.2) is 42.6 Å². The molecular weight excluding hydrogens is 239 g/mol. The summed E-state index contributed by atoms with van der Waals surface area (Å²) < 4.78 is 18.8. The van der Waals surface area contributed by atoms with Gasteiger partial charge in [0, 0.05) is 6.07 Å². The molecule has 0 unspecified atom stereocenters. The zero-order valence-electron chi connectivity index (χ0n) is 9.25. The van der Waals surface area contributed by atoms with Crippen LogP contribution in [0.1, 0.15) is 5.56 Å². The third-order valence-corrected chi connectivity index (χ3v) is 2.28. The van der Waals surface area contributed by atoms with Crippen LogP contribution in [-0.2, 0) is 6.61 Å². The number of rotatable bonds is 4. The lowest BCUT2D eigenvalue weighted by Gasteiger charge is -2.06. The Morgan fingerprint density at radius 1 is 1.28 bits per heavy atom. The molecule has 0 aliphatic carbocycles. The normalized spacial score (nSPS) is 10.1. The van der Waals surface area contributed by atoms with Crippen molar-refractivity contribution in [2.24, 2.45) is 0 Å². The molecule has 0 aliphatic rings. The van der Waals surface area contributed by atoms with Gasteiger partial charge in [-0.2, -0.15) is 0 Å². The van der Waals surface area contributed by atoms with Gasteiger partial charge in [-0.1, -0.05) is 18.2 Å². The van der Waals surface area contributed by atoms with Gasteiger partial charge in [0.1, 0.15) is 29.9 Å². The molecule has 1 heterocycles. The van der Waals surface area contributed by atoms with Crippen LogP contribution in [0.25, 0.3) is 0 Å². The lowest BCUT2D eigenvalue weighted by Crippen LogP contribution is -2.05. The summed E-state index contributed by atoms with van der Waals surface area (Å²) in [4.78, 5) is 13.5. The maximum absolute atomic E-state index is 13.5. The monoisotopic (exact) mass is 248 g/mol. The third-order valence-electron chi connectivity index (χ3n) is 2.28. The van der Waals surface area contributed by atoms with E-state index < -0.39 is 16.6 Å². The number of halogens is 1. The van der Waals surface area contributed by atoms with Crippen molar-refractivity contribution in [2.75, 3.05) is 0 Å². The van der Waals surface area contributed by atoms with Gasteiger partial charge in [0.15, 0.2) is 0 Å². The fourth-order valence-corrected chi connectivity index (χ4v) is 1.42. The van der Waals surface area contributed by atoms with Gasteiger partial charge in [0.2, 0.25) is 0 Å². The van der Waals surface area contributed by atoms with Gasteiger partial charge in [0.25, 0.3) is 0 Å². The number of hydrogen-bond acceptors (Lipinski definition) is 4. The number of aromatic nitrogens is 1. The molecule has 0 bridgehead atoms. The van der Waals surface area contributed by atoms with E-state index in [0.717, 1.165) is 12.3 Å². The number of hydrogen-bond donors (Lipinski definition) is 0. The average molecular weight is 248 g/mol. The number of ether oxygens (including phenoxy) is 1. The fourth-order valence-electron chi connectivity index (χ4n) is 1.42. The van der Waals surface area contributed by atoms with E-state index in [2.05, 4.69) is 4.98 Å². The zero-order valence-corrected chi connectivity index (χ0v) is 9.25. The Kier molecular flexibility index (Phi) is 3.47. The highest BCUT2D eigenvalue weighted by molar-refractivity contribution is 5.33. The van der Waals surface area contributed by atoms with Gasteiger partial charge in [0.05, 0.1) is 0 Å². The van der Waals surface area contributed by atoms with Crippen LogP contribution in [-0.4, -0.2) is 9.91 Å². The van der Waals surface area contributed by atoms with E-state index in [9.17, 15) is 14.5 Å². The molecule has 0 saturated heterocycles. The van der Waals surface area contributed by atoms with Crippen molar-refractivity contribution in [3.63, 3.8) is 0 Å². The molecule has 0 N–H and O–H groups in total. The lowest BCUT2D eigenvalue weighted by atomic mass is 10.2. The molecule has 92 valence electrons. The number of para-hydroxylation sites is 1. The van der Waals surface area contributed by atoms with E-state index in [-0.39, 0.29) is 12.2 Å². The van der Waals surface area contributed by atoms with Gasteiger partial charge in [-0.15, -0.1) is 0 Å². The van der Waals surface area contributed by atoms with Gasteiger partial charge < -0.3 is 14.9 Å². The van der Waals surface area contributed by atoms with E-state index in [1.54, 1.807) is 30.3 Å². The smallest absolute Gasteiger partial charge is 0.373 e. The summed E-state index contributed by atoms with van der Waals surface area (Å²) in [5.41, 5.74) is -0.161. The summed E-state index contributed by atoms with van der Waals surface area (Å²) in [6.07, 6.45) is 1.06. The summed E-state index contributed by atoms with van der Waals surface area (Å²) in [5.74, 6) is -0.714. The highest BCUT2D eigenvalue weighted by Gasteiger charge is 2.19. The van der Waals surface area contributed by atoms with Crippen LogP contribution in [0.4, 0.5) is 10.2 Å². The van der Waals surface area contributed by atoms with E-state index in [4.69, 9.17) is 4.74 Å². The minimum absolute atomic E-state index is 0.161. The second kappa shape index (κ2) is 5.22.